The molecule has 2 aliphatic heterocycles. The van der Waals surface area contributed by atoms with Crippen molar-refractivity contribution in [1.82, 2.24) is 19.9 Å². The first-order valence-electron chi connectivity index (χ1n) is 15.2. The molecule has 9 heteroatoms. The molecular formula is C38H40CoN4O4. The van der Waals surface area contributed by atoms with Crippen LogP contribution in [0.25, 0.3) is 50.4 Å². The molecule has 8 bridgehead atoms. The molecule has 0 atom stereocenters. The number of nitrogens with one attached hydrogen (secondary N) is 2. The number of hydrogen-bond donors (Lipinski definition) is 2. The van der Waals surface area contributed by atoms with Crippen LogP contribution in [0.1, 0.15) is 92.0 Å². The Morgan fingerprint density at radius 2 is 1.21 bits per heavy atom. The van der Waals surface area contributed by atoms with Crippen LogP contribution in [-0.4, -0.2) is 31.9 Å². The number of fused-ring (bicyclic) bond motifs is 8. The minimum Gasteiger partial charge on any atom is -0.550 e. The van der Waals surface area contributed by atoms with Crippen molar-refractivity contribution in [2.75, 3.05) is 0 Å². The van der Waals surface area contributed by atoms with E-state index in [1.807, 2.05) is 71.9 Å². The number of allylic oxidation sites excluding steroid dienone is 6. The van der Waals surface area contributed by atoms with E-state index in [9.17, 15) is 19.8 Å². The molecule has 2 N–H and O–H groups in total. The SMILES string of the molecule is C=C(C)C.C=CC1=C(C)c2cc3[nH]c(cc4nc(cc5[nH]c(cc1n2)c(C)c5CCC(=O)[O-])C(CCC(=O)[O-])=C4C)c(C)c3C=C.[Co+2]. The Balaban J connectivity index is 0.00000114. The van der Waals surface area contributed by atoms with Crippen LogP contribution in [0.5, 0.6) is 0 Å². The van der Waals surface area contributed by atoms with E-state index in [4.69, 9.17) is 9.97 Å². The number of H-pyrrole nitrogens is 2. The van der Waals surface area contributed by atoms with E-state index >= 15 is 0 Å². The van der Waals surface area contributed by atoms with Gasteiger partial charge in [0.2, 0.25) is 0 Å². The third kappa shape index (κ3) is 7.98. The number of nitrogens with zero attached hydrogens (tertiary/aromatic N) is 2. The number of rotatable bonds is 8. The smallest absolute Gasteiger partial charge is 0.550 e. The van der Waals surface area contributed by atoms with Crippen molar-refractivity contribution in [3.63, 3.8) is 0 Å². The second-order valence-corrected chi connectivity index (χ2v) is 11.9. The largest absolute Gasteiger partial charge is 2.00 e. The molecule has 47 heavy (non-hydrogen) atoms. The van der Waals surface area contributed by atoms with Gasteiger partial charge in [0.05, 0.1) is 22.8 Å². The van der Waals surface area contributed by atoms with Gasteiger partial charge in [-0.3, -0.25) is 0 Å². The summed E-state index contributed by atoms with van der Waals surface area (Å²) in [5.41, 5.74) is 14.4. The van der Waals surface area contributed by atoms with Gasteiger partial charge in [-0.15, -0.1) is 6.58 Å². The second kappa shape index (κ2) is 15.2. The summed E-state index contributed by atoms with van der Waals surface area (Å²) in [5, 5.41) is 22.8. The van der Waals surface area contributed by atoms with Crippen molar-refractivity contribution in [3.8, 4) is 0 Å². The minimum atomic E-state index is -1.14. The van der Waals surface area contributed by atoms with E-state index in [0.29, 0.717) is 16.9 Å². The van der Waals surface area contributed by atoms with E-state index in [1.54, 1.807) is 6.08 Å². The molecule has 5 rings (SSSR count). The summed E-state index contributed by atoms with van der Waals surface area (Å²) in [5.74, 6) is -2.28. The Bertz CT molecular complexity index is 2020. The van der Waals surface area contributed by atoms with Crippen LogP contribution in [0.2, 0.25) is 0 Å². The number of aromatic amines is 2. The number of carbonyl (C=O) groups is 2. The summed E-state index contributed by atoms with van der Waals surface area (Å²) in [7, 11) is 0. The van der Waals surface area contributed by atoms with Crippen LogP contribution in [-0.2, 0) is 32.8 Å². The molecule has 1 radical (unpaired) electrons. The van der Waals surface area contributed by atoms with Gasteiger partial charge < -0.3 is 29.8 Å². The molecule has 3 aromatic heterocycles. The van der Waals surface area contributed by atoms with E-state index in [0.717, 1.165) is 72.5 Å². The van der Waals surface area contributed by atoms with Gasteiger partial charge in [-0.05, 0) is 125 Å². The summed E-state index contributed by atoms with van der Waals surface area (Å²) in [6.45, 7) is 23.4. The molecule has 0 spiro atoms. The number of carbonyl (C=O) groups excluding carboxylic acids is 2. The van der Waals surface area contributed by atoms with E-state index < -0.39 is 11.9 Å². The molecule has 0 fully saturated rings. The molecule has 8 nitrogen and oxygen atoms in total. The van der Waals surface area contributed by atoms with Crippen LogP contribution in [0, 0.1) is 13.8 Å². The van der Waals surface area contributed by atoms with Crippen LogP contribution in [0.3, 0.4) is 0 Å². The standard InChI is InChI=1S/C34H34N4O4.C4H8.Co/c1-7-21-17(3)25-13-26-19(5)23(9-11-33(39)40)31(37-26)16-32-24(10-12-34(41)42)20(6)28(38-32)15-30-22(8-2)18(4)27(36-30)14-29(21)35-25;1-4(2)3;/h7-8,13-16,35,38H,1-2,9-12H2,3-6H3,(H,39,40)(H,41,42);1H2,2-3H3;/q;;+2/p-2. The molecule has 0 amide bonds. The van der Waals surface area contributed by atoms with Gasteiger partial charge in [0, 0.05) is 45.1 Å². The number of carboxylic acids is 2. The van der Waals surface area contributed by atoms with Crippen molar-refractivity contribution in [2.24, 2.45) is 0 Å². The second-order valence-electron chi connectivity index (χ2n) is 11.9. The van der Waals surface area contributed by atoms with Crippen LogP contribution >= 0.6 is 0 Å². The zero-order valence-corrected chi connectivity index (χ0v) is 28.8. The fourth-order valence-electron chi connectivity index (χ4n) is 5.76. The normalized spacial score (nSPS) is 12.2. The molecular weight excluding hydrogens is 635 g/mol. The monoisotopic (exact) mass is 675 g/mol. The fraction of sp³-hybridized carbons (Fsp3) is 0.263. The van der Waals surface area contributed by atoms with Gasteiger partial charge in [0.1, 0.15) is 0 Å². The summed E-state index contributed by atoms with van der Waals surface area (Å²) >= 11 is 0. The average molecular weight is 676 g/mol. The zero-order valence-electron chi connectivity index (χ0n) is 27.8. The maximum absolute atomic E-state index is 11.4. The maximum atomic E-state index is 11.4. The van der Waals surface area contributed by atoms with Gasteiger partial charge in [0.25, 0.3) is 0 Å². The average Bonchev–Trinajstić information content (AvgIpc) is 3.63. The fourth-order valence-corrected chi connectivity index (χ4v) is 5.76. The number of aromatic nitrogens is 4. The van der Waals surface area contributed by atoms with Gasteiger partial charge in [-0.25, -0.2) is 9.97 Å². The molecule has 245 valence electrons. The zero-order chi connectivity index (χ0) is 33.9. The predicted octanol–water partition coefficient (Wildman–Crippen LogP) is 6.41. The molecule has 0 unspecified atom stereocenters. The summed E-state index contributed by atoms with van der Waals surface area (Å²) in [4.78, 5) is 39.7. The molecule has 0 saturated carbocycles. The van der Waals surface area contributed by atoms with Crippen molar-refractivity contribution in [3.05, 3.63) is 101 Å². The first-order chi connectivity index (χ1) is 21.7. The van der Waals surface area contributed by atoms with E-state index in [-0.39, 0.29) is 42.5 Å². The molecule has 2 aliphatic rings. The molecule has 5 heterocycles. The van der Waals surface area contributed by atoms with E-state index in [1.165, 1.54) is 5.57 Å². The Hall–Kier alpha value is -4.73. The van der Waals surface area contributed by atoms with E-state index in [2.05, 4.69) is 29.7 Å². The third-order valence-corrected chi connectivity index (χ3v) is 8.20. The van der Waals surface area contributed by atoms with Gasteiger partial charge in [0.15, 0.2) is 0 Å². The first-order valence-corrected chi connectivity index (χ1v) is 15.2. The Labute approximate surface area is 286 Å². The number of aryl methyl sites for hydroxylation is 3. The Morgan fingerprint density at radius 3 is 1.81 bits per heavy atom. The Kier molecular flexibility index (Phi) is 11.9. The predicted molar refractivity (Wildman–Crippen MR) is 184 cm³/mol. The van der Waals surface area contributed by atoms with Crippen LogP contribution < -0.4 is 10.2 Å². The summed E-state index contributed by atoms with van der Waals surface area (Å²) in [6, 6.07) is 7.78. The van der Waals surface area contributed by atoms with Gasteiger partial charge >= 0.3 is 16.8 Å². The Morgan fingerprint density at radius 1 is 0.723 bits per heavy atom. The first kappa shape index (κ1) is 36.7. The van der Waals surface area contributed by atoms with Crippen LogP contribution in [0.4, 0.5) is 0 Å². The molecule has 0 aliphatic carbocycles. The van der Waals surface area contributed by atoms with Crippen molar-refractivity contribution in [2.45, 2.75) is 67.2 Å². The number of hydrogen-bond acceptors (Lipinski definition) is 6. The van der Waals surface area contributed by atoms with Crippen molar-refractivity contribution < 1.29 is 36.6 Å². The van der Waals surface area contributed by atoms with Crippen LogP contribution in [0.15, 0.2) is 55.7 Å². The minimum absolute atomic E-state index is 0. The molecule has 0 saturated heterocycles. The summed E-state index contributed by atoms with van der Waals surface area (Å²) in [6.07, 6.45) is 3.81. The topological polar surface area (TPSA) is 138 Å². The summed E-state index contributed by atoms with van der Waals surface area (Å²) < 4.78 is 0. The van der Waals surface area contributed by atoms with Crippen molar-refractivity contribution >= 4 is 62.4 Å². The van der Waals surface area contributed by atoms with Gasteiger partial charge in [-0.2, -0.15) is 0 Å². The third-order valence-electron chi connectivity index (χ3n) is 8.20. The number of aliphatic carboxylic acids is 2. The number of carboxylic acid groups (broad SMARTS) is 2. The van der Waals surface area contributed by atoms with Gasteiger partial charge in [-0.1, -0.05) is 30.9 Å². The maximum Gasteiger partial charge on any atom is 2.00 e. The molecule has 0 aromatic carbocycles. The molecule has 3 aromatic rings. The quantitative estimate of drug-likeness (QED) is 0.265. The van der Waals surface area contributed by atoms with Crippen molar-refractivity contribution in [1.29, 1.82) is 0 Å².